The second-order valence-electron chi connectivity index (χ2n) is 4.82. The number of benzene rings is 1. The molecule has 1 saturated heterocycles. The molecule has 1 aliphatic heterocycles. The van der Waals surface area contributed by atoms with Crippen molar-refractivity contribution in [1.29, 1.82) is 0 Å². The number of rotatable bonds is 2. The van der Waals surface area contributed by atoms with Gasteiger partial charge >= 0.3 is 0 Å². The predicted octanol–water partition coefficient (Wildman–Crippen LogP) is 1.93. The van der Waals surface area contributed by atoms with Gasteiger partial charge in [0.15, 0.2) is 0 Å². The number of aryl methyl sites for hydroxylation is 1. The molecule has 100 valence electrons. The Bertz CT molecular complexity index is 439. The quantitative estimate of drug-likeness (QED) is 0.819. The van der Waals surface area contributed by atoms with E-state index in [2.05, 4.69) is 26.9 Å². The summed E-state index contributed by atoms with van der Waals surface area (Å²) in [5, 5.41) is 9.26. The molecule has 0 aliphatic carbocycles. The molecule has 1 aromatic rings. The second kappa shape index (κ2) is 5.47. The van der Waals surface area contributed by atoms with Gasteiger partial charge in [-0.05, 0) is 47.5 Å². The zero-order valence-corrected chi connectivity index (χ0v) is 12.3. The smallest absolute Gasteiger partial charge is 0.0984 e. The summed E-state index contributed by atoms with van der Waals surface area (Å²) >= 11 is 3.55. The van der Waals surface area contributed by atoms with Gasteiger partial charge in [-0.25, -0.2) is 0 Å². The van der Waals surface area contributed by atoms with Crippen molar-refractivity contribution in [1.82, 2.24) is 0 Å². The maximum absolute atomic E-state index is 9.26. The first-order valence-electron chi connectivity index (χ1n) is 6.08. The van der Waals surface area contributed by atoms with Gasteiger partial charge in [0.05, 0.1) is 24.5 Å². The summed E-state index contributed by atoms with van der Waals surface area (Å²) < 4.78 is 6.63. The zero-order chi connectivity index (χ0) is 13.3. The van der Waals surface area contributed by atoms with Crippen LogP contribution in [0.25, 0.3) is 0 Å². The number of ether oxygens (including phenoxy) is 1. The molecule has 1 fully saturated rings. The molecule has 0 bridgehead atoms. The molecule has 3 N–H and O–H groups in total. The number of hydrogen-bond acceptors (Lipinski definition) is 4. The molecule has 0 spiro atoms. The van der Waals surface area contributed by atoms with Crippen LogP contribution in [0, 0.1) is 6.92 Å². The van der Waals surface area contributed by atoms with Crippen molar-refractivity contribution >= 4 is 27.3 Å². The molecule has 2 unspecified atom stereocenters. The summed E-state index contributed by atoms with van der Waals surface area (Å²) in [5.74, 6) is 0. The third-order valence-corrected chi connectivity index (χ3v) is 3.84. The van der Waals surface area contributed by atoms with E-state index in [1.165, 1.54) is 0 Å². The molecule has 1 heterocycles. The first-order chi connectivity index (χ1) is 8.51. The highest BCUT2D eigenvalue weighted by atomic mass is 79.9. The van der Waals surface area contributed by atoms with E-state index in [1.807, 2.05) is 19.9 Å². The molecular weight excluding hydrogens is 296 g/mol. The summed E-state index contributed by atoms with van der Waals surface area (Å²) in [6.07, 6.45) is -0.0147. The summed E-state index contributed by atoms with van der Waals surface area (Å²) in [6.45, 7) is 5.58. The molecular formula is C13H19BrN2O2. The molecule has 2 rings (SSSR count). The van der Waals surface area contributed by atoms with Gasteiger partial charge in [0.2, 0.25) is 0 Å². The fourth-order valence-electron chi connectivity index (χ4n) is 2.27. The van der Waals surface area contributed by atoms with Crippen LogP contribution in [0.2, 0.25) is 0 Å². The molecule has 1 aromatic carbocycles. The Kier molecular flexibility index (Phi) is 4.14. The van der Waals surface area contributed by atoms with Gasteiger partial charge in [0, 0.05) is 23.2 Å². The van der Waals surface area contributed by atoms with Crippen molar-refractivity contribution in [3.63, 3.8) is 0 Å². The lowest BCUT2D eigenvalue weighted by molar-refractivity contribution is -0.0421. The Morgan fingerprint density at radius 1 is 1.50 bits per heavy atom. The maximum Gasteiger partial charge on any atom is 0.0984 e. The maximum atomic E-state index is 9.26. The molecule has 0 saturated carbocycles. The van der Waals surface area contributed by atoms with Crippen LogP contribution in [0.4, 0.5) is 11.4 Å². The average molecular weight is 315 g/mol. The van der Waals surface area contributed by atoms with Crippen molar-refractivity contribution in [2.24, 2.45) is 0 Å². The topological polar surface area (TPSA) is 58.7 Å². The number of nitrogens with two attached hydrogens (primary N) is 1. The third kappa shape index (κ3) is 2.79. The van der Waals surface area contributed by atoms with Gasteiger partial charge in [0.1, 0.15) is 0 Å². The van der Waals surface area contributed by atoms with Gasteiger partial charge in [0.25, 0.3) is 0 Å². The first-order valence-corrected chi connectivity index (χ1v) is 6.87. The standard InChI is InChI=1S/C13H19BrN2O2/c1-8-3-13(11(14)4-12(8)15)16-5-9(2)18-10(6-16)7-17/h3-4,9-10,17H,5-7,15H2,1-2H3. The zero-order valence-electron chi connectivity index (χ0n) is 10.7. The first kappa shape index (κ1) is 13.6. The molecule has 4 nitrogen and oxygen atoms in total. The van der Waals surface area contributed by atoms with E-state index in [-0.39, 0.29) is 18.8 Å². The van der Waals surface area contributed by atoms with Crippen LogP contribution in [-0.4, -0.2) is 37.0 Å². The minimum atomic E-state index is -0.126. The van der Waals surface area contributed by atoms with E-state index in [0.717, 1.165) is 28.0 Å². The molecule has 2 atom stereocenters. The van der Waals surface area contributed by atoms with Gasteiger partial charge in [-0.2, -0.15) is 0 Å². The van der Waals surface area contributed by atoms with Gasteiger partial charge < -0.3 is 20.5 Å². The molecule has 0 amide bonds. The number of aliphatic hydroxyl groups excluding tert-OH is 1. The Hall–Kier alpha value is -0.780. The highest BCUT2D eigenvalue weighted by Crippen LogP contribution is 2.32. The summed E-state index contributed by atoms with van der Waals surface area (Å²) in [7, 11) is 0. The Morgan fingerprint density at radius 2 is 2.22 bits per heavy atom. The third-order valence-electron chi connectivity index (χ3n) is 3.21. The Balaban J connectivity index is 2.27. The fraction of sp³-hybridized carbons (Fsp3) is 0.538. The van der Waals surface area contributed by atoms with Crippen LogP contribution in [-0.2, 0) is 4.74 Å². The predicted molar refractivity (Wildman–Crippen MR) is 76.9 cm³/mol. The van der Waals surface area contributed by atoms with E-state index < -0.39 is 0 Å². The van der Waals surface area contributed by atoms with Crippen LogP contribution in [0.1, 0.15) is 12.5 Å². The van der Waals surface area contributed by atoms with Gasteiger partial charge in [-0.15, -0.1) is 0 Å². The molecule has 1 aliphatic rings. The summed E-state index contributed by atoms with van der Waals surface area (Å²) in [6, 6.07) is 4.00. The number of nitrogens with zero attached hydrogens (tertiary/aromatic N) is 1. The minimum absolute atomic E-state index is 0.0480. The van der Waals surface area contributed by atoms with Crippen molar-refractivity contribution in [2.45, 2.75) is 26.1 Å². The van der Waals surface area contributed by atoms with Crippen molar-refractivity contribution in [3.8, 4) is 0 Å². The highest BCUT2D eigenvalue weighted by molar-refractivity contribution is 9.10. The number of nitrogen functional groups attached to an aromatic ring is 1. The van der Waals surface area contributed by atoms with Crippen LogP contribution in [0.15, 0.2) is 16.6 Å². The monoisotopic (exact) mass is 314 g/mol. The average Bonchev–Trinajstić information content (AvgIpc) is 2.33. The van der Waals surface area contributed by atoms with E-state index >= 15 is 0 Å². The lowest BCUT2D eigenvalue weighted by Crippen LogP contribution is -2.48. The van der Waals surface area contributed by atoms with Crippen molar-refractivity contribution in [3.05, 3.63) is 22.2 Å². The number of hydrogen-bond donors (Lipinski definition) is 2. The number of morpholine rings is 1. The van der Waals surface area contributed by atoms with E-state index in [9.17, 15) is 5.11 Å². The highest BCUT2D eigenvalue weighted by Gasteiger charge is 2.26. The number of anilines is 2. The normalized spacial score (nSPS) is 24.3. The van der Waals surface area contributed by atoms with Crippen molar-refractivity contribution < 1.29 is 9.84 Å². The Morgan fingerprint density at radius 3 is 2.89 bits per heavy atom. The van der Waals surface area contributed by atoms with Crippen LogP contribution >= 0.6 is 15.9 Å². The van der Waals surface area contributed by atoms with Crippen molar-refractivity contribution in [2.75, 3.05) is 30.3 Å². The SMILES string of the molecule is Cc1cc(N2CC(C)OC(CO)C2)c(Br)cc1N. The summed E-state index contributed by atoms with van der Waals surface area (Å²) in [4.78, 5) is 2.23. The van der Waals surface area contributed by atoms with E-state index in [1.54, 1.807) is 0 Å². The largest absolute Gasteiger partial charge is 0.398 e. The molecule has 0 radical (unpaired) electrons. The minimum Gasteiger partial charge on any atom is -0.398 e. The lowest BCUT2D eigenvalue weighted by Gasteiger charge is -2.38. The second-order valence-corrected chi connectivity index (χ2v) is 5.67. The van der Waals surface area contributed by atoms with Gasteiger partial charge in [-0.3, -0.25) is 0 Å². The van der Waals surface area contributed by atoms with E-state index in [0.29, 0.717) is 6.54 Å². The van der Waals surface area contributed by atoms with Crippen LogP contribution < -0.4 is 10.6 Å². The molecule has 0 aromatic heterocycles. The summed E-state index contributed by atoms with van der Waals surface area (Å²) in [5.41, 5.74) is 8.84. The lowest BCUT2D eigenvalue weighted by atomic mass is 10.1. The fourth-order valence-corrected chi connectivity index (χ4v) is 2.88. The molecule has 18 heavy (non-hydrogen) atoms. The van der Waals surface area contributed by atoms with Gasteiger partial charge in [-0.1, -0.05) is 0 Å². The van der Waals surface area contributed by atoms with Crippen LogP contribution in [0.3, 0.4) is 0 Å². The number of halogens is 1. The molecule has 5 heteroatoms. The Labute approximate surface area is 116 Å². The van der Waals surface area contributed by atoms with E-state index in [4.69, 9.17) is 10.5 Å². The number of aliphatic hydroxyl groups is 1. The van der Waals surface area contributed by atoms with Crippen LogP contribution in [0.5, 0.6) is 0 Å².